The van der Waals surface area contributed by atoms with Crippen LogP contribution in [0.2, 0.25) is 0 Å². The molecule has 0 N–H and O–H groups in total. The summed E-state index contributed by atoms with van der Waals surface area (Å²) in [5.41, 5.74) is 1.32. The van der Waals surface area contributed by atoms with Gasteiger partial charge in [0.2, 0.25) is 11.8 Å². The van der Waals surface area contributed by atoms with Crippen LogP contribution in [0.3, 0.4) is 0 Å². The van der Waals surface area contributed by atoms with Gasteiger partial charge in [-0.3, -0.25) is 9.59 Å². The molecule has 0 aliphatic carbocycles. The van der Waals surface area contributed by atoms with Crippen molar-refractivity contribution in [2.24, 2.45) is 17.8 Å². The van der Waals surface area contributed by atoms with Gasteiger partial charge in [-0.1, -0.05) is 24.2 Å². The van der Waals surface area contributed by atoms with Gasteiger partial charge in [-0.2, -0.15) is 0 Å². The van der Waals surface area contributed by atoms with Gasteiger partial charge in [0, 0.05) is 31.6 Å². The molecular formula is C21H32N4O3. The normalized spacial score (nSPS) is 29.9. The number of aryl methyl sites for hydroxylation is 1. The molecule has 7 nitrogen and oxygen atoms in total. The number of likely N-dealkylation sites (tertiary alicyclic amines) is 1. The molecule has 7 heteroatoms. The van der Waals surface area contributed by atoms with Crippen LogP contribution < -0.4 is 0 Å². The number of carbonyl (C=O) groups excluding carboxylic acids is 2. The molecule has 3 fully saturated rings. The second-order valence-electron chi connectivity index (χ2n) is 9.33. The zero-order valence-corrected chi connectivity index (χ0v) is 17.3. The number of rotatable bonds is 5. The number of aromatic nitrogens is 2. The summed E-state index contributed by atoms with van der Waals surface area (Å²) in [6, 6.07) is 0.586. The highest BCUT2D eigenvalue weighted by atomic mass is 16.6. The molecule has 4 heterocycles. The van der Waals surface area contributed by atoms with Crippen LogP contribution in [0.4, 0.5) is 0 Å². The van der Waals surface area contributed by atoms with Crippen molar-refractivity contribution < 1.29 is 14.2 Å². The van der Waals surface area contributed by atoms with Gasteiger partial charge in [0.05, 0.1) is 6.42 Å². The molecule has 3 saturated heterocycles. The maximum absolute atomic E-state index is 13.0. The Morgan fingerprint density at radius 3 is 2.75 bits per heavy atom. The van der Waals surface area contributed by atoms with Crippen LogP contribution in [-0.2, 0) is 16.0 Å². The van der Waals surface area contributed by atoms with Crippen LogP contribution >= 0.6 is 0 Å². The van der Waals surface area contributed by atoms with Crippen molar-refractivity contribution in [2.45, 2.75) is 77.8 Å². The highest BCUT2D eigenvalue weighted by Gasteiger charge is 2.49. The molecular weight excluding hydrogens is 356 g/mol. The monoisotopic (exact) mass is 388 g/mol. The van der Waals surface area contributed by atoms with E-state index in [4.69, 9.17) is 4.63 Å². The number of hydrogen-bond donors (Lipinski definition) is 0. The zero-order valence-electron chi connectivity index (χ0n) is 17.3. The molecule has 3 aliphatic heterocycles. The maximum atomic E-state index is 13.0. The molecule has 4 atom stereocenters. The first-order chi connectivity index (χ1) is 13.4. The fourth-order valence-electron chi connectivity index (χ4n) is 5.52. The second-order valence-corrected chi connectivity index (χ2v) is 9.33. The molecule has 0 saturated carbocycles. The lowest BCUT2D eigenvalue weighted by Gasteiger charge is -2.57. The van der Waals surface area contributed by atoms with E-state index >= 15 is 0 Å². The number of piperidine rings is 3. The van der Waals surface area contributed by atoms with Crippen molar-refractivity contribution in [3.63, 3.8) is 0 Å². The number of amides is 2. The molecule has 3 aliphatic rings. The lowest BCUT2D eigenvalue weighted by Crippen LogP contribution is -2.65. The Morgan fingerprint density at radius 2 is 2.04 bits per heavy atom. The molecule has 1 aromatic heterocycles. The average Bonchev–Trinajstić information content (AvgIpc) is 3.06. The fourth-order valence-corrected chi connectivity index (χ4v) is 5.52. The van der Waals surface area contributed by atoms with Crippen LogP contribution in [0, 0.1) is 24.7 Å². The van der Waals surface area contributed by atoms with Gasteiger partial charge < -0.3 is 9.80 Å². The Bertz CT molecular complexity index is 731. The SMILES string of the molecule is Cc1nonc1CC(=O)N1C[C@H]2C[C@@H](C1)[C@H](CCC(C)C)N1C(=O)CCC[C@@H]21. The molecule has 1 aromatic rings. The van der Waals surface area contributed by atoms with Crippen LogP contribution in [0.25, 0.3) is 0 Å². The standard InChI is InChI=1S/C21H32N4O3/c1-13(2)7-8-19-16-9-15(18-5-4-6-20(26)25(18)19)11-24(12-16)21(27)10-17-14(3)22-28-23-17/h13,15-16,18-19H,4-12H2,1-3H3/t15-,16+,18+,19+/m1/s1. The third-order valence-electron chi connectivity index (χ3n) is 6.95. The lowest BCUT2D eigenvalue weighted by atomic mass is 9.70. The van der Waals surface area contributed by atoms with E-state index < -0.39 is 0 Å². The highest BCUT2D eigenvalue weighted by Crippen LogP contribution is 2.43. The molecule has 4 rings (SSSR count). The zero-order chi connectivity index (χ0) is 19.8. The molecule has 28 heavy (non-hydrogen) atoms. The van der Waals surface area contributed by atoms with Crippen molar-refractivity contribution in [3.05, 3.63) is 11.4 Å². The predicted molar refractivity (Wildman–Crippen MR) is 103 cm³/mol. The summed E-state index contributed by atoms with van der Waals surface area (Å²) in [4.78, 5) is 30.0. The van der Waals surface area contributed by atoms with Gasteiger partial charge >= 0.3 is 0 Å². The summed E-state index contributed by atoms with van der Waals surface area (Å²) in [5.74, 6) is 1.85. The van der Waals surface area contributed by atoms with Crippen molar-refractivity contribution in [1.29, 1.82) is 0 Å². The minimum absolute atomic E-state index is 0.103. The molecule has 0 aromatic carbocycles. The van der Waals surface area contributed by atoms with E-state index in [1.54, 1.807) is 0 Å². The summed E-state index contributed by atoms with van der Waals surface area (Å²) in [5, 5.41) is 7.66. The fraction of sp³-hybridized carbons (Fsp3) is 0.810. The van der Waals surface area contributed by atoms with Gasteiger partial charge in [0.25, 0.3) is 0 Å². The van der Waals surface area contributed by atoms with Crippen LogP contribution in [-0.4, -0.2) is 57.1 Å². The number of fused-ring (bicyclic) bond motifs is 4. The summed E-state index contributed by atoms with van der Waals surface area (Å²) in [6.45, 7) is 7.81. The van der Waals surface area contributed by atoms with Crippen molar-refractivity contribution in [1.82, 2.24) is 20.1 Å². The predicted octanol–water partition coefficient (Wildman–Crippen LogP) is 2.58. The van der Waals surface area contributed by atoms with Crippen molar-refractivity contribution >= 4 is 11.8 Å². The van der Waals surface area contributed by atoms with Crippen LogP contribution in [0.15, 0.2) is 4.63 Å². The quantitative estimate of drug-likeness (QED) is 0.775. The average molecular weight is 389 g/mol. The Morgan fingerprint density at radius 1 is 1.25 bits per heavy atom. The maximum Gasteiger partial charge on any atom is 0.228 e. The number of nitrogens with zero attached hydrogens (tertiary/aromatic N) is 4. The van der Waals surface area contributed by atoms with Crippen molar-refractivity contribution in [2.75, 3.05) is 13.1 Å². The summed E-state index contributed by atoms with van der Waals surface area (Å²) >= 11 is 0. The molecule has 2 amide bonds. The second kappa shape index (κ2) is 7.84. The lowest BCUT2D eigenvalue weighted by molar-refractivity contribution is -0.156. The van der Waals surface area contributed by atoms with E-state index in [0.717, 1.165) is 45.2 Å². The van der Waals surface area contributed by atoms with Gasteiger partial charge in [0.1, 0.15) is 11.4 Å². The summed E-state index contributed by atoms with van der Waals surface area (Å²) in [6.07, 6.45) is 6.32. The van der Waals surface area contributed by atoms with Gasteiger partial charge in [-0.05, 0) is 56.8 Å². The van der Waals surface area contributed by atoms with E-state index in [-0.39, 0.29) is 18.4 Å². The van der Waals surface area contributed by atoms with Crippen LogP contribution in [0.5, 0.6) is 0 Å². The number of carbonyl (C=O) groups is 2. The van der Waals surface area contributed by atoms with Gasteiger partial charge in [-0.15, -0.1) is 0 Å². The smallest absolute Gasteiger partial charge is 0.228 e. The molecule has 0 unspecified atom stereocenters. The Balaban J connectivity index is 1.52. The van der Waals surface area contributed by atoms with E-state index in [0.29, 0.717) is 47.5 Å². The van der Waals surface area contributed by atoms with E-state index in [1.807, 2.05) is 11.8 Å². The molecule has 154 valence electrons. The Labute approximate surface area is 166 Å². The third-order valence-corrected chi connectivity index (χ3v) is 6.95. The molecule has 2 bridgehead atoms. The van der Waals surface area contributed by atoms with Crippen molar-refractivity contribution in [3.8, 4) is 0 Å². The first kappa shape index (κ1) is 19.4. The minimum Gasteiger partial charge on any atom is -0.342 e. The molecule has 0 radical (unpaired) electrons. The van der Waals surface area contributed by atoms with Gasteiger partial charge in [0.15, 0.2) is 0 Å². The Kier molecular flexibility index (Phi) is 5.43. The van der Waals surface area contributed by atoms with E-state index in [2.05, 4.69) is 29.1 Å². The third kappa shape index (κ3) is 3.67. The Hall–Kier alpha value is -1.92. The minimum atomic E-state index is 0.103. The topological polar surface area (TPSA) is 79.5 Å². The van der Waals surface area contributed by atoms with Gasteiger partial charge in [-0.25, -0.2) is 4.63 Å². The van der Waals surface area contributed by atoms with E-state index in [1.165, 1.54) is 0 Å². The summed E-state index contributed by atoms with van der Waals surface area (Å²) < 4.78 is 4.75. The van der Waals surface area contributed by atoms with E-state index in [9.17, 15) is 9.59 Å². The summed E-state index contributed by atoms with van der Waals surface area (Å²) in [7, 11) is 0. The number of hydrogen-bond acceptors (Lipinski definition) is 5. The largest absolute Gasteiger partial charge is 0.342 e. The molecule has 0 spiro atoms. The van der Waals surface area contributed by atoms with Crippen LogP contribution in [0.1, 0.15) is 63.8 Å². The first-order valence-electron chi connectivity index (χ1n) is 10.8. The highest BCUT2D eigenvalue weighted by molar-refractivity contribution is 5.79. The first-order valence-corrected chi connectivity index (χ1v) is 10.8.